The predicted octanol–water partition coefficient (Wildman–Crippen LogP) is 4.43. The van der Waals surface area contributed by atoms with Crippen LogP contribution in [-0.4, -0.2) is 7.05 Å². The third-order valence-electron chi connectivity index (χ3n) is 3.36. The summed E-state index contributed by atoms with van der Waals surface area (Å²) in [5.41, 5.74) is 2.53. The van der Waals surface area contributed by atoms with Gasteiger partial charge in [0.05, 0.1) is 5.02 Å². The lowest BCUT2D eigenvalue weighted by Crippen LogP contribution is -2.19. The summed E-state index contributed by atoms with van der Waals surface area (Å²) in [5, 5.41) is 3.31. The average molecular weight is 296 g/mol. The van der Waals surface area contributed by atoms with Crippen molar-refractivity contribution in [2.45, 2.75) is 19.4 Å². The van der Waals surface area contributed by atoms with Crippen molar-refractivity contribution in [2.75, 3.05) is 7.05 Å². The molecular weight excluding hydrogens is 280 g/mol. The van der Waals surface area contributed by atoms with E-state index in [4.69, 9.17) is 11.6 Å². The summed E-state index contributed by atoms with van der Waals surface area (Å²) in [6.45, 7) is 1.74. The number of likely N-dealkylation sites (N-methyl/N-ethyl adjacent to an activating group) is 1. The van der Waals surface area contributed by atoms with Crippen molar-refractivity contribution in [3.63, 3.8) is 0 Å². The van der Waals surface area contributed by atoms with Crippen LogP contribution in [0.5, 0.6) is 0 Å². The molecule has 2 aromatic rings. The molecule has 1 atom stereocenters. The van der Waals surface area contributed by atoms with E-state index in [1.165, 1.54) is 12.1 Å². The second-order valence-corrected chi connectivity index (χ2v) is 5.21. The van der Waals surface area contributed by atoms with Crippen molar-refractivity contribution in [3.8, 4) is 0 Å². The summed E-state index contributed by atoms with van der Waals surface area (Å²) < 4.78 is 26.5. The van der Waals surface area contributed by atoms with Gasteiger partial charge in [-0.05, 0) is 55.3 Å². The molecule has 4 heteroatoms. The zero-order chi connectivity index (χ0) is 14.7. The van der Waals surface area contributed by atoms with Gasteiger partial charge < -0.3 is 5.32 Å². The summed E-state index contributed by atoms with van der Waals surface area (Å²) in [6, 6.07) is 9.76. The minimum absolute atomic E-state index is 0.0239. The number of hydrogen-bond donors (Lipinski definition) is 1. The Labute approximate surface area is 122 Å². The molecule has 0 radical (unpaired) electrons. The fraction of sp³-hybridized carbons (Fsp3) is 0.250. The van der Waals surface area contributed by atoms with Gasteiger partial charge in [0.25, 0.3) is 0 Å². The molecule has 0 amide bonds. The van der Waals surface area contributed by atoms with E-state index in [9.17, 15) is 8.78 Å². The lowest BCUT2D eigenvalue weighted by atomic mass is 9.97. The Balaban J connectivity index is 2.23. The molecule has 0 aliphatic carbocycles. The Morgan fingerprint density at radius 1 is 1.10 bits per heavy atom. The minimum Gasteiger partial charge on any atom is -0.313 e. The largest absolute Gasteiger partial charge is 0.313 e. The number of benzene rings is 2. The van der Waals surface area contributed by atoms with Gasteiger partial charge in [0, 0.05) is 6.04 Å². The standard InChI is InChI=1S/C16H16ClF2N/c1-10-7-12(4-6-14(10)18)16(20-2)9-11-3-5-15(19)13(17)8-11/h3-8,16,20H,9H2,1-2H3. The van der Waals surface area contributed by atoms with Crippen molar-refractivity contribution in [2.24, 2.45) is 0 Å². The lowest BCUT2D eigenvalue weighted by Gasteiger charge is -2.18. The molecule has 0 saturated heterocycles. The topological polar surface area (TPSA) is 12.0 Å². The van der Waals surface area contributed by atoms with Crippen LogP contribution in [0.15, 0.2) is 36.4 Å². The zero-order valence-corrected chi connectivity index (χ0v) is 12.1. The van der Waals surface area contributed by atoms with Crippen molar-refractivity contribution in [1.29, 1.82) is 0 Å². The molecule has 0 saturated carbocycles. The zero-order valence-electron chi connectivity index (χ0n) is 11.4. The van der Waals surface area contributed by atoms with Gasteiger partial charge in [0.1, 0.15) is 11.6 Å². The number of hydrogen-bond acceptors (Lipinski definition) is 1. The van der Waals surface area contributed by atoms with Crippen LogP contribution in [0.3, 0.4) is 0 Å². The molecule has 0 heterocycles. The molecule has 0 fully saturated rings. The first-order valence-electron chi connectivity index (χ1n) is 6.38. The Hall–Kier alpha value is -1.45. The molecular formula is C16H16ClF2N. The Kier molecular flexibility index (Phi) is 4.73. The van der Waals surface area contributed by atoms with E-state index in [1.807, 2.05) is 13.1 Å². The molecule has 106 valence electrons. The molecule has 1 N–H and O–H groups in total. The monoisotopic (exact) mass is 295 g/mol. The van der Waals surface area contributed by atoms with Crippen LogP contribution in [0.25, 0.3) is 0 Å². The molecule has 0 bridgehead atoms. The Bertz CT molecular complexity index is 613. The van der Waals surface area contributed by atoms with Gasteiger partial charge in [0.15, 0.2) is 0 Å². The average Bonchev–Trinajstić information content (AvgIpc) is 2.43. The van der Waals surface area contributed by atoms with Crippen LogP contribution in [0.4, 0.5) is 8.78 Å². The van der Waals surface area contributed by atoms with Gasteiger partial charge in [-0.25, -0.2) is 8.78 Å². The summed E-state index contributed by atoms with van der Waals surface area (Å²) in [5.74, 6) is -0.637. The smallest absolute Gasteiger partial charge is 0.141 e. The highest BCUT2D eigenvalue weighted by Gasteiger charge is 2.12. The molecule has 2 rings (SSSR count). The highest BCUT2D eigenvalue weighted by Crippen LogP contribution is 2.23. The van der Waals surface area contributed by atoms with Crippen LogP contribution in [0.1, 0.15) is 22.7 Å². The molecule has 1 nitrogen and oxygen atoms in total. The summed E-state index contributed by atoms with van der Waals surface area (Å²) >= 11 is 5.79. The van der Waals surface area contributed by atoms with Gasteiger partial charge in [0.2, 0.25) is 0 Å². The van der Waals surface area contributed by atoms with Crippen molar-refractivity contribution in [3.05, 3.63) is 69.7 Å². The van der Waals surface area contributed by atoms with Gasteiger partial charge in [-0.15, -0.1) is 0 Å². The Morgan fingerprint density at radius 2 is 1.80 bits per heavy atom. The molecule has 2 aromatic carbocycles. The maximum Gasteiger partial charge on any atom is 0.141 e. The lowest BCUT2D eigenvalue weighted by molar-refractivity contribution is 0.581. The molecule has 0 aromatic heterocycles. The molecule has 0 aliphatic rings. The van der Waals surface area contributed by atoms with Crippen LogP contribution in [-0.2, 0) is 6.42 Å². The van der Waals surface area contributed by atoms with Gasteiger partial charge in [-0.2, -0.15) is 0 Å². The highest BCUT2D eigenvalue weighted by molar-refractivity contribution is 6.30. The van der Waals surface area contributed by atoms with E-state index in [0.717, 1.165) is 11.1 Å². The number of rotatable bonds is 4. The summed E-state index contributed by atoms with van der Waals surface area (Å²) in [7, 11) is 1.84. The highest BCUT2D eigenvalue weighted by atomic mass is 35.5. The first-order valence-corrected chi connectivity index (χ1v) is 6.76. The second-order valence-electron chi connectivity index (χ2n) is 4.80. The second kappa shape index (κ2) is 6.33. The van der Waals surface area contributed by atoms with Gasteiger partial charge in [-0.3, -0.25) is 0 Å². The fourth-order valence-corrected chi connectivity index (χ4v) is 2.38. The maximum atomic E-state index is 13.3. The van der Waals surface area contributed by atoms with Crippen LogP contribution in [0, 0.1) is 18.6 Å². The van der Waals surface area contributed by atoms with Crippen molar-refractivity contribution in [1.82, 2.24) is 5.32 Å². The van der Waals surface area contributed by atoms with Gasteiger partial charge in [-0.1, -0.05) is 29.8 Å². The van der Waals surface area contributed by atoms with E-state index >= 15 is 0 Å². The third kappa shape index (κ3) is 3.35. The molecule has 0 spiro atoms. The third-order valence-corrected chi connectivity index (χ3v) is 3.65. The van der Waals surface area contributed by atoms with E-state index in [0.29, 0.717) is 12.0 Å². The van der Waals surface area contributed by atoms with Crippen LogP contribution < -0.4 is 5.32 Å². The predicted molar refractivity (Wildman–Crippen MR) is 78.1 cm³/mol. The molecule has 0 aliphatic heterocycles. The SMILES string of the molecule is CNC(Cc1ccc(F)c(Cl)c1)c1ccc(F)c(C)c1. The van der Waals surface area contributed by atoms with E-state index in [2.05, 4.69) is 5.32 Å². The van der Waals surface area contributed by atoms with E-state index < -0.39 is 5.82 Å². The number of halogens is 3. The minimum atomic E-state index is -0.422. The summed E-state index contributed by atoms with van der Waals surface area (Å²) in [6.07, 6.45) is 0.654. The quantitative estimate of drug-likeness (QED) is 0.880. The Morgan fingerprint density at radius 3 is 2.40 bits per heavy atom. The van der Waals surface area contributed by atoms with Crippen LogP contribution >= 0.6 is 11.6 Å². The number of aryl methyl sites for hydroxylation is 1. The number of nitrogens with one attached hydrogen (secondary N) is 1. The van der Waals surface area contributed by atoms with E-state index in [1.54, 1.807) is 25.1 Å². The van der Waals surface area contributed by atoms with Crippen molar-refractivity contribution >= 4 is 11.6 Å². The first kappa shape index (κ1) is 14.9. The summed E-state index contributed by atoms with van der Waals surface area (Å²) in [4.78, 5) is 0. The molecule has 1 unspecified atom stereocenters. The first-order chi connectivity index (χ1) is 9.51. The fourth-order valence-electron chi connectivity index (χ4n) is 2.17. The van der Waals surface area contributed by atoms with E-state index in [-0.39, 0.29) is 16.9 Å². The van der Waals surface area contributed by atoms with Gasteiger partial charge >= 0.3 is 0 Å². The normalized spacial score (nSPS) is 12.4. The van der Waals surface area contributed by atoms with Crippen LogP contribution in [0.2, 0.25) is 5.02 Å². The van der Waals surface area contributed by atoms with Crippen molar-refractivity contribution < 1.29 is 8.78 Å². The molecule has 20 heavy (non-hydrogen) atoms. The maximum absolute atomic E-state index is 13.3.